The Morgan fingerprint density at radius 2 is 1.82 bits per heavy atom. The number of alkyl halides is 3. The van der Waals surface area contributed by atoms with Crippen LogP contribution < -0.4 is 10.6 Å². The molecule has 0 bridgehead atoms. The van der Waals surface area contributed by atoms with E-state index < -0.39 is 94.9 Å². The van der Waals surface area contributed by atoms with Crippen LogP contribution in [0.3, 0.4) is 0 Å². The number of aromatic nitrogens is 7. The number of benzene rings is 3. The Kier molecular flexibility index (Phi) is 13.7. The summed E-state index contributed by atoms with van der Waals surface area (Å²) in [6.07, 6.45) is -7.15. The highest BCUT2D eigenvalue weighted by Gasteiger charge is 2.50. The minimum atomic E-state index is -4.88. The number of rotatable bonds is 13. The van der Waals surface area contributed by atoms with Crippen molar-refractivity contribution in [2.45, 2.75) is 81.8 Å². The maximum absolute atomic E-state index is 14.5. The average Bonchev–Trinajstić information content (AvgIpc) is 4.06. The number of ether oxygens (including phenoxy) is 2. The van der Waals surface area contributed by atoms with Crippen molar-refractivity contribution in [3.8, 4) is 16.9 Å². The minimum absolute atomic E-state index is 0.0141. The Balaban J connectivity index is 0.938. The van der Waals surface area contributed by atoms with Gasteiger partial charge < -0.3 is 29.9 Å². The van der Waals surface area contributed by atoms with Gasteiger partial charge in [-0.05, 0) is 91.9 Å². The molecule has 0 radical (unpaired) electrons. The topological polar surface area (TPSA) is 229 Å². The number of imide groups is 1. The summed E-state index contributed by atoms with van der Waals surface area (Å²) < 4.78 is 87.1. The molecule has 1 unspecified atom stereocenters. The van der Waals surface area contributed by atoms with Crippen molar-refractivity contribution in [3.05, 3.63) is 134 Å². The van der Waals surface area contributed by atoms with Crippen LogP contribution >= 0.6 is 23.2 Å². The number of aliphatic hydroxyl groups excluding tert-OH is 2. The summed E-state index contributed by atoms with van der Waals surface area (Å²) in [5, 5.41) is 38.9. The molecule has 3 aromatic carbocycles. The number of aryl methyl sites for hydroxylation is 2. The van der Waals surface area contributed by atoms with Crippen LogP contribution in [0.2, 0.25) is 10.0 Å². The van der Waals surface area contributed by atoms with Crippen LogP contribution in [0.1, 0.15) is 80.6 Å². The monoisotopic (exact) mass is 1020 g/mol. The van der Waals surface area contributed by atoms with Gasteiger partial charge in [0.05, 0.1) is 24.1 Å². The Morgan fingerprint density at radius 3 is 2.52 bits per heavy atom. The van der Waals surface area contributed by atoms with Crippen LogP contribution in [0.25, 0.3) is 16.9 Å². The summed E-state index contributed by atoms with van der Waals surface area (Å²) >= 11 is 11.9. The number of nitrogens with one attached hydrogen (secondary N) is 2. The minimum Gasteiger partial charge on any atom is -0.394 e. The van der Waals surface area contributed by atoms with Crippen LogP contribution in [0, 0.1) is 18.6 Å². The zero-order valence-electron chi connectivity index (χ0n) is 36.9. The van der Waals surface area contributed by atoms with Gasteiger partial charge in [0.1, 0.15) is 70.4 Å². The molecular formula is C46H39Cl2F5N10O8. The Labute approximate surface area is 408 Å². The van der Waals surface area contributed by atoms with Gasteiger partial charge in [-0.3, -0.25) is 29.5 Å². The third-order valence-electron chi connectivity index (χ3n) is 12.2. The van der Waals surface area contributed by atoms with E-state index in [0.29, 0.717) is 28.8 Å². The summed E-state index contributed by atoms with van der Waals surface area (Å²) in [5.41, 5.74) is 0.327. The Morgan fingerprint density at radius 1 is 1.04 bits per heavy atom. The normalized spacial score (nSPS) is 21.4. The summed E-state index contributed by atoms with van der Waals surface area (Å²) in [6.45, 7) is 0.645. The second-order valence-electron chi connectivity index (χ2n) is 16.9. The molecule has 9 rings (SSSR count). The summed E-state index contributed by atoms with van der Waals surface area (Å²) in [7, 11) is 0. The first-order chi connectivity index (χ1) is 33.9. The van der Waals surface area contributed by atoms with E-state index in [-0.39, 0.29) is 71.9 Å². The molecule has 71 heavy (non-hydrogen) atoms. The van der Waals surface area contributed by atoms with Gasteiger partial charge in [-0.15, -0.1) is 5.10 Å². The lowest BCUT2D eigenvalue weighted by Crippen LogP contribution is -2.54. The van der Waals surface area contributed by atoms with Gasteiger partial charge in [-0.1, -0.05) is 34.5 Å². The number of hydrogen-bond donors (Lipinski definition) is 4. The molecule has 3 aliphatic heterocycles. The van der Waals surface area contributed by atoms with Gasteiger partial charge in [0.15, 0.2) is 5.82 Å². The molecule has 18 nitrogen and oxygen atoms in total. The van der Waals surface area contributed by atoms with Gasteiger partial charge in [0.25, 0.3) is 11.8 Å². The van der Waals surface area contributed by atoms with Gasteiger partial charge in [0, 0.05) is 47.6 Å². The van der Waals surface area contributed by atoms with E-state index in [0.717, 1.165) is 39.7 Å². The molecule has 4 amide bonds. The number of carbonyl (C=O) groups is 4. The van der Waals surface area contributed by atoms with Crippen molar-refractivity contribution in [3.63, 3.8) is 0 Å². The molecular weight excluding hydrogens is 986 g/mol. The first-order valence-electron chi connectivity index (χ1n) is 21.9. The fraction of sp³-hybridized carbons (Fsp3) is 0.326. The molecule has 370 valence electrons. The van der Waals surface area contributed by atoms with Crippen LogP contribution in [0.5, 0.6) is 0 Å². The largest absolute Gasteiger partial charge is 0.418 e. The van der Waals surface area contributed by atoms with Crippen molar-refractivity contribution in [1.29, 1.82) is 0 Å². The van der Waals surface area contributed by atoms with Crippen LogP contribution in [0.4, 0.5) is 27.6 Å². The van der Waals surface area contributed by atoms with E-state index in [1.54, 1.807) is 24.3 Å². The molecule has 6 aromatic rings. The summed E-state index contributed by atoms with van der Waals surface area (Å²) in [4.78, 5) is 60.6. The molecule has 6 heterocycles. The van der Waals surface area contributed by atoms with Gasteiger partial charge in [-0.2, -0.15) is 18.3 Å². The number of hydrogen-bond acceptors (Lipinski definition) is 13. The zero-order valence-corrected chi connectivity index (χ0v) is 38.4. The van der Waals surface area contributed by atoms with E-state index in [4.69, 9.17) is 32.7 Å². The Bertz CT molecular complexity index is 3040. The van der Waals surface area contributed by atoms with E-state index in [1.165, 1.54) is 30.3 Å². The van der Waals surface area contributed by atoms with Crippen molar-refractivity contribution in [1.82, 2.24) is 45.0 Å². The summed E-state index contributed by atoms with van der Waals surface area (Å²) in [6, 6.07) is 10.5. The molecule has 2 saturated heterocycles. The van der Waals surface area contributed by atoms with Crippen LogP contribution in [-0.2, 0) is 38.2 Å². The van der Waals surface area contributed by atoms with E-state index in [2.05, 4.69) is 36.0 Å². The van der Waals surface area contributed by atoms with E-state index in [1.807, 2.05) is 0 Å². The number of anilines is 1. The number of fused-ring (bicyclic) bond motifs is 1. The van der Waals surface area contributed by atoms with Crippen molar-refractivity contribution in [2.24, 2.45) is 0 Å². The lowest BCUT2D eigenvalue weighted by atomic mass is 9.91. The SMILES string of the molecule is Cc1nc([C@@H]2O[C@H](CO)[C@H](O)[C@H](n3cc(-c4cc(F)c(Cl)c(F)c4)nn3)[C@H]2OCCCc2ccc(C(=O)Nc3ccc4c(c3)CN(C3CCC(=O)NC3=O)C4=O)nc2)n(-c2cc(Cl)ccc2C(F)(F)F)n1. The first kappa shape index (κ1) is 49.2. The number of piperidine rings is 1. The van der Waals surface area contributed by atoms with E-state index in [9.17, 15) is 51.3 Å². The van der Waals surface area contributed by atoms with E-state index >= 15 is 0 Å². The Hall–Kier alpha value is -6.76. The van der Waals surface area contributed by atoms with Gasteiger partial charge in [0.2, 0.25) is 11.8 Å². The maximum atomic E-state index is 14.5. The molecule has 0 saturated carbocycles. The second kappa shape index (κ2) is 19.8. The molecule has 0 spiro atoms. The van der Waals surface area contributed by atoms with Gasteiger partial charge in [-0.25, -0.2) is 23.1 Å². The van der Waals surface area contributed by atoms with Crippen LogP contribution in [-0.4, -0.2) is 111 Å². The maximum Gasteiger partial charge on any atom is 0.418 e. The lowest BCUT2D eigenvalue weighted by molar-refractivity contribution is -0.224. The molecule has 25 heteroatoms. The predicted octanol–water partition coefficient (Wildman–Crippen LogP) is 5.90. The molecule has 3 aliphatic rings. The highest BCUT2D eigenvalue weighted by Crippen LogP contribution is 2.43. The molecule has 2 fully saturated rings. The number of halogens is 7. The fourth-order valence-electron chi connectivity index (χ4n) is 8.81. The quantitative estimate of drug-likeness (QED) is 0.0458. The van der Waals surface area contributed by atoms with Crippen molar-refractivity contribution in [2.75, 3.05) is 18.5 Å². The molecule has 0 aliphatic carbocycles. The first-order valence-corrected chi connectivity index (χ1v) is 22.6. The van der Waals surface area contributed by atoms with Gasteiger partial charge >= 0.3 is 6.18 Å². The van der Waals surface area contributed by atoms with Crippen LogP contribution in [0.15, 0.2) is 73.1 Å². The number of amides is 4. The fourth-order valence-corrected chi connectivity index (χ4v) is 9.09. The number of carbonyl (C=O) groups excluding carboxylic acids is 4. The number of aliphatic hydroxyl groups is 2. The molecule has 4 N–H and O–H groups in total. The smallest absolute Gasteiger partial charge is 0.394 e. The van der Waals surface area contributed by atoms with Crippen molar-refractivity contribution < 1.29 is 60.8 Å². The summed E-state index contributed by atoms with van der Waals surface area (Å²) in [5.74, 6) is -4.22. The molecule has 6 atom stereocenters. The zero-order chi connectivity index (χ0) is 50.5. The number of nitrogens with zero attached hydrogens (tertiary/aromatic N) is 8. The molecule has 3 aromatic heterocycles. The predicted molar refractivity (Wildman–Crippen MR) is 239 cm³/mol. The van der Waals surface area contributed by atoms with Crippen molar-refractivity contribution >= 4 is 52.5 Å². The highest BCUT2D eigenvalue weighted by atomic mass is 35.5. The third-order valence-corrected chi connectivity index (χ3v) is 12.8. The highest BCUT2D eigenvalue weighted by molar-refractivity contribution is 6.31. The average molecular weight is 1030 g/mol. The lowest BCUT2D eigenvalue weighted by Gasteiger charge is -2.43. The second-order valence-corrected chi connectivity index (χ2v) is 17.7. The standard InChI is InChI=1S/C46H39Cl2F5N10O8/c1-21-55-42(63(59-21)34-16-25(47)5-8-28(34)46(51,52)53)41-40(38(39(66)35(20-64)71-41)62-19-32(58-60-62)23-14-29(49)37(48)30(50)15-23)70-12-2-3-22-4-9-31(54-17-22)43(67)56-26-6-7-27-24(13-26)18-61(45(27)69)33-10-11-36(65)57-44(33)68/h4-9,13-17,19,33,35,38-41,64,66H,2-3,10-12,18,20H2,1H3,(H,56,67)(H,57,65,68)/t33?,35-,38+,39+,40-,41-/m1/s1. The number of pyridine rings is 1. The third kappa shape index (κ3) is 9.97.